The van der Waals surface area contributed by atoms with Crippen molar-refractivity contribution in [1.82, 2.24) is 0 Å². The van der Waals surface area contributed by atoms with Crippen molar-refractivity contribution in [2.75, 3.05) is 31.4 Å². The highest BCUT2D eigenvalue weighted by atomic mass is 32.1. The van der Waals surface area contributed by atoms with E-state index in [1.807, 2.05) is 0 Å². The number of ether oxygens (including phenoxy) is 1. The Bertz CT molecular complexity index is 339. The van der Waals surface area contributed by atoms with E-state index in [0.717, 1.165) is 23.7 Å². The molecule has 3 heteroatoms. The summed E-state index contributed by atoms with van der Waals surface area (Å²) in [5.74, 6) is 1.77. The fourth-order valence-corrected chi connectivity index (χ4v) is 1.81. The molecule has 0 heterocycles. The number of rotatable bonds is 4. The second-order valence-corrected chi connectivity index (χ2v) is 4.20. The van der Waals surface area contributed by atoms with Crippen LogP contribution in [-0.4, -0.2) is 26.5 Å². The number of benzene rings is 1. The van der Waals surface area contributed by atoms with E-state index < -0.39 is 0 Å². The van der Waals surface area contributed by atoms with Gasteiger partial charge in [-0.15, -0.1) is 0 Å². The van der Waals surface area contributed by atoms with Crippen LogP contribution in [0.1, 0.15) is 11.1 Å². The number of hydrogen-bond acceptors (Lipinski definition) is 3. The summed E-state index contributed by atoms with van der Waals surface area (Å²) in [5, 5.41) is 0. The SMILES string of the molecule is COc1cc(C)c(C)cc1N(C)CCS. The number of thiol groups is 1. The van der Waals surface area contributed by atoms with Crippen LogP contribution < -0.4 is 9.64 Å². The van der Waals surface area contributed by atoms with Gasteiger partial charge in [-0.2, -0.15) is 12.6 Å². The fourth-order valence-electron chi connectivity index (χ4n) is 1.51. The smallest absolute Gasteiger partial charge is 0.142 e. The Balaban J connectivity index is 3.09. The lowest BCUT2D eigenvalue weighted by molar-refractivity contribution is 0.414. The third-order valence-electron chi connectivity index (χ3n) is 2.64. The van der Waals surface area contributed by atoms with Crippen LogP contribution in [0.4, 0.5) is 5.69 Å². The van der Waals surface area contributed by atoms with E-state index in [1.165, 1.54) is 11.1 Å². The molecule has 0 saturated carbocycles. The van der Waals surface area contributed by atoms with E-state index in [-0.39, 0.29) is 0 Å². The van der Waals surface area contributed by atoms with Crippen LogP contribution in [0.15, 0.2) is 12.1 Å². The summed E-state index contributed by atoms with van der Waals surface area (Å²) in [6.45, 7) is 5.13. The first kappa shape index (κ1) is 12.2. The Morgan fingerprint density at radius 1 is 1.27 bits per heavy atom. The normalized spacial score (nSPS) is 10.2. The van der Waals surface area contributed by atoms with E-state index in [2.05, 4.69) is 50.6 Å². The maximum absolute atomic E-state index is 5.38. The van der Waals surface area contributed by atoms with Crippen molar-refractivity contribution >= 4 is 18.3 Å². The minimum absolute atomic E-state index is 0.840. The van der Waals surface area contributed by atoms with Gasteiger partial charge in [0.25, 0.3) is 0 Å². The highest BCUT2D eigenvalue weighted by Gasteiger charge is 2.09. The monoisotopic (exact) mass is 225 g/mol. The summed E-state index contributed by atoms with van der Waals surface area (Å²) in [7, 11) is 3.77. The van der Waals surface area contributed by atoms with Crippen LogP contribution in [-0.2, 0) is 0 Å². The van der Waals surface area contributed by atoms with Crippen LogP contribution in [0.3, 0.4) is 0 Å². The van der Waals surface area contributed by atoms with Gasteiger partial charge in [0.2, 0.25) is 0 Å². The van der Waals surface area contributed by atoms with E-state index in [1.54, 1.807) is 7.11 Å². The molecule has 2 nitrogen and oxygen atoms in total. The molecule has 0 fully saturated rings. The molecule has 0 aliphatic carbocycles. The molecule has 84 valence electrons. The first-order chi connectivity index (χ1) is 7.10. The molecule has 0 aliphatic heterocycles. The van der Waals surface area contributed by atoms with Crippen molar-refractivity contribution in [3.63, 3.8) is 0 Å². The lowest BCUT2D eigenvalue weighted by atomic mass is 10.1. The average molecular weight is 225 g/mol. The lowest BCUT2D eigenvalue weighted by Crippen LogP contribution is -2.20. The minimum atomic E-state index is 0.840. The number of aryl methyl sites for hydroxylation is 2. The summed E-state index contributed by atoms with van der Waals surface area (Å²) in [5.41, 5.74) is 3.68. The van der Waals surface area contributed by atoms with Gasteiger partial charge in [-0.25, -0.2) is 0 Å². The Kier molecular flexibility index (Phi) is 4.33. The van der Waals surface area contributed by atoms with Crippen LogP contribution in [0.2, 0.25) is 0 Å². The van der Waals surface area contributed by atoms with Crippen molar-refractivity contribution in [3.05, 3.63) is 23.3 Å². The Morgan fingerprint density at radius 2 is 1.87 bits per heavy atom. The number of methoxy groups -OCH3 is 1. The molecule has 0 atom stereocenters. The maximum Gasteiger partial charge on any atom is 0.142 e. The third kappa shape index (κ3) is 2.81. The molecule has 1 rings (SSSR count). The van der Waals surface area contributed by atoms with Gasteiger partial charge in [0.05, 0.1) is 12.8 Å². The molecule has 0 radical (unpaired) electrons. The van der Waals surface area contributed by atoms with Crippen LogP contribution in [0.5, 0.6) is 5.75 Å². The fraction of sp³-hybridized carbons (Fsp3) is 0.500. The standard InChI is InChI=1S/C12H19NOS/c1-9-7-11(13(3)5-6-15)12(14-4)8-10(9)2/h7-8,15H,5-6H2,1-4H3. The molecule has 0 bridgehead atoms. The van der Waals surface area contributed by atoms with Crippen LogP contribution >= 0.6 is 12.6 Å². The molecule has 1 aromatic carbocycles. The topological polar surface area (TPSA) is 12.5 Å². The molecule has 0 amide bonds. The summed E-state index contributed by atoms with van der Waals surface area (Å²) in [4.78, 5) is 2.16. The second kappa shape index (κ2) is 5.31. The highest BCUT2D eigenvalue weighted by molar-refractivity contribution is 7.80. The molecule has 0 aromatic heterocycles. The van der Waals surface area contributed by atoms with Gasteiger partial charge in [0.1, 0.15) is 5.75 Å². The highest BCUT2D eigenvalue weighted by Crippen LogP contribution is 2.30. The number of hydrogen-bond donors (Lipinski definition) is 1. The van der Waals surface area contributed by atoms with E-state index in [4.69, 9.17) is 4.74 Å². The van der Waals surface area contributed by atoms with Gasteiger partial charge in [-0.1, -0.05) is 0 Å². The molecule has 1 aromatic rings. The lowest BCUT2D eigenvalue weighted by Gasteiger charge is -2.22. The molecule has 0 unspecified atom stereocenters. The van der Waals surface area contributed by atoms with Gasteiger partial charge in [0, 0.05) is 19.3 Å². The largest absolute Gasteiger partial charge is 0.495 e. The van der Waals surface area contributed by atoms with E-state index >= 15 is 0 Å². The predicted octanol–water partition coefficient (Wildman–Crippen LogP) is 2.68. The maximum atomic E-state index is 5.38. The van der Waals surface area contributed by atoms with E-state index in [0.29, 0.717) is 0 Å². The first-order valence-electron chi connectivity index (χ1n) is 5.07. The van der Waals surface area contributed by atoms with Crippen molar-refractivity contribution in [3.8, 4) is 5.75 Å². The van der Waals surface area contributed by atoms with Gasteiger partial charge in [-0.05, 0) is 37.1 Å². The molecule has 0 N–H and O–H groups in total. The van der Waals surface area contributed by atoms with Crippen molar-refractivity contribution in [2.24, 2.45) is 0 Å². The predicted molar refractivity (Wildman–Crippen MR) is 69.6 cm³/mol. The first-order valence-corrected chi connectivity index (χ1v) is 5.70. The number of anilines is 1. The Morgan fingerprint density at radius 3 is 2.40 bits per heavy atom. The van der Waals surface area contributed by atoms with Gasteiger partial charge >= 0.3 is 0 Å². The Labute approximate surface area is 97.6 Å². The third-order valence-corrected chi connectivity index (χ3v) is 2.84. The molecule has 0 saturated heterocycles. The summed E-state index contributed by atoms with van der Waals surface area (Å²) in [6, 6.07) is 4.25. The van der Waals surface area contributed by atoms with Crippen molar-refractivity contribution in [2.45, 2.75) is 13.8 Å². The molecule has 0 aliphatic rings. The van der Waals surface area contributed by atoms with Crippen LogP contribution in [0.25, 0.3) is 0 Å². The zero-order valence-corrected chi connectivity index (χ0v) is 10.8. The van der Waals surface area contributed by atoms with Gasteiger partial charge < -0.3 is 9.64 Å². The molecule has 15 heavy (non-hydrogen) atoms. The number of nitrogens with zero attached hydrogens (tertiary/aromatic N) is 1. The van der Waals surface area contributed by atoms with Gasteiger partial charge in [-0.3, -0.25) is 0 Å². The van der Waals surface area contributed by atoms with E-state index in [9.17, 15) is 0 Å². The van der Waals surface area contributed by atoms with Gasteiger partial charge in [0.15, 0.2) is 0 Å². The minimum Gasteiger partial charge on any atom is -0.495 e. The Hall–Kier alpha value is -0.830. The molecular weight excluding hydrogens is 206 g/mol. The average Bonchev–Trinajstić information content (AvgIpc) is 2.21. The quantitative estimate of drug-likeness (QED) is 0.791. The van der Waals surface area contributed by atoms with Crippen LogP contribution in [0, 0.1) is 13.8 Å². The summed E-state index contributed by atoms with van der Waals surface area (Å²) < 4.78 is 5.38. The molecular formula is C12H19NOS. The van der Waals surface area contributed by atoms with Crippen molar-refractivity contribution in [1.29, 1.82) is 0 Å². The molecule has 0 spiro atoms. The summed E-state index contributed by atoms with van der Waals surface area (Å²) in [6.07, 6.45) is 0. The second-order valence-electron chi connectivity index (χ2n) is 3.75. The van der Waals surface area contributed by atoms with Crippen molar-refractivity contribution < 1.29 is 4.74 Å². The summed E-state index contributed by atoms with van der Waals surface area (Å²) >= 11 is 4.24. The zero-order chi connectivity index (χ0) is 11.4. The zero-order valence-electron chi connectivity index (χ0n) is 9.87.